The fraction of sp³-hybridized carbons (Fsp3) is 0.222. The zero-order chi connectivity index (χ0) is 14.4. The summed E-state index contributed by atoms with van der Waals surface area (Å²) in [6.07, 6.45) is 4.33. The van der Waals surface area contributed by atoms with Gasteiger partial charge in [-0.1, -0.05) is 43.3 Å². The Morgan fingerprint density at radius 1 is 0.800 bits per heavy atom. The lowest BCUT2D eigenvalue weighted by Crippen LogP contribution is -1.90. The van der Waals surface area contributed by atoms with E-state index >= 15 is 0 Å². The standard InChI is InChI=1S/C18H20O2/c1-14(16-8-12-18(20-3)13-9-16)4-5-15-6-10-17(19-2)11-7-15/h4-14H,1-3H3/b5-4-. The summed E-state index contributed by atoms with van der Waals surface area (Å²) in [5.74, 6) is 2.13. The summed E-state index contributed by atoms with van der Waals surface area (Å²) in [4.78, 5) is 0. The molecule has 0 aromatic heterocycles. The highest BCUT2D eigenvalue weighted by atomic mass is 16.5. The monoisotopic (exact) mass is 268 g/mol. The molecule has 0 spiro atoms. The van der Waals surface area contributed by atoms with Gasteiger partial charge in [-0.15, -0.1) is 0 Å². The van der Waals surface area contributed by atoms with Gasteiger partial charge in [0.2, 0.25) is 0 Å². The molecule has 0 aliphatic rings. The predicted octanol–water partition coefficient (Wildman–Crippen LogP) is 4.52. The predicted molar refractivity (Wildman–Crippen MR) is 83.4 cm³/mol. The first-order valence-electron chi connectivity index (χ1n) is 6.69. The molecule has 2 nitrogen and oxygen atoms in total. The van der Waals surface area contributed by atoms with Gasteiger partial charge >= 0.3 is 0 Å². The van der Waals surface area contributed by atoms with E-state index in [-0.39, 0.29) is 0 Å². The lowest BCUT2D eigenvalue weighted by atomic mass is 10.00. The number of methoxy groups -OCH3 is 2. The Hall–Kier alpha value is -2.22. The van der Waals surface area contributed by atoms with Crippen molar-refractivity contribution >= 4 is 6.08 Å². The summed E-state index contributed by atoms with van der Waals surface area (Å²) >= 11 is 0. The summed E-state index contributed by atoms with van der Waals surface area (Å²) in [7, 11) is 3.36. The number of hydrogen-bond acceptors (Lipinski definition) is 2. The third kappa shape index (κ3) is 3.64. The minimum Gasteiger partial charge on any atom is -0.497 e. The van der Waals surface area contributed by atoms with E-state index in [1.54, 1.807) is 14.2 Å². The lowest BCUT2D eigenvalue weighted by molar-refractivity contribution is 0.414. The third-order valence-corrected chi connectivity index (χ3v) is 3.33. The van der Waals surface area contributed by atoms with E-state index in [1.807, 2.05) is 24.3 Å². The molecule has 104 valence electrons. The number of allylic oxidation sites excluding steroid dienone is 1. The van der Waals surface area contributed by atoms with E-state index in [2.05, 4.69) is 43.3 Å². The first kappa shape index (κ1) is 14.2. The molecule has 0 aliphatic heterocycles. The van der Waals surface area contributed by atoms with Crippen LogP contribution in [0.3, 0.4) is 0 Å². The molecule has 0 saturated carbocycles. The Morgan fingerprint density at radius 2 is 1.30 bits per heavy atom. The molecule has 0 amide bonds. The topological polar surface area (TPSA) is 18.5 Å². The summed E-state index contributed by atoms with van der Waals surface area (Å²) in [5, 5.41) is 0. The minimum atomic E-state index is 0.364. The van der Waals surface area contributed by atoms with Gasteiger partial charge in [0.1, 0.15) is 11.5 Å². The quantitative estimate of drug-likeness (QED) is 0.793. The van der Waals surface area contributed by atoms with E-state index in [1.165, 1.54) is 11.1 Å². The molecule has 1 atom stereocenters. The molecular formula is C18H20O2. The highest BCUT2D eigenvalue weighted by molar-refractivity contribution is 5.52. The summed E-state index contributed by atoms with van der Waals surface area (Å²) < 4.78 is 10.3. The summed E-state index contributed by atoms with van der Waals surface area (Å²) in [5.41, 5.74) is 2.45. The van der Waals surface area contributed by atoms with Crippen LogP contribution in [0.4, 0.5) is 0 Å². The number of benzene rings is 2. The molecule has 0 bridgehead atoms. The van der Waals surface area contributed by atoms with Crippen LogP contribution in [0.15, 0.2) is 54.6 Å². The van der Waals surface area contributed by atoms with Crippen LogP contribution in [-0.2, 0) is 0 Å². The Balaban J connectivity index is 2.04. The Labute approximate surface area is 120 Å². The summed E-state index contributed by atoms with van der Waals surface area (Å²) in [6, 6.07) is 16.2. The van der Waals surface area contributed by atoms with E-state index < -0.39 is 0 Å². The molecule has 0 aliphatic carbocycles. The number of rotatable bonds is 5. The number of ether oxygens (including phenoxy) is 2. The molecular weight excluding hydrogens is 248 g/mol. The molecule has 0 saturated heterocycles. The van der Waals surface area contributed by atoms with Crippen molar-refractivity contribution in [3.05, 3.63) is 65.7 Å². The second-order valence-electron chi connectivity index (χ2n) is 4.69. The Morgan fingerprint density at radius 3 is 1.80 bits per heavy atom. The van der Waals surface area contributed by atoms with Crippen molar-refractivity contribution < 1.29 is 9.47 Å². The average Bonchev–Trinajstić information content (AvgIpc) is 2.53. The van der Waals surface area contributed by atoms with Gasteiger partial charge in [0, 0.05) is 0 Å². The van der Waals surface area contributed by atoms with Gasteiger partial charge in [-0.3, -0.25) is 0 Å². The smallest absolute Gasteiger partial charge is 0.118 e. The first-order chi connectivity index (χ1) is 9.72. The van der Waals surface area contributed by atoms with Crippen molar-refractivity contribution in [2.75, 3.05) is 14.2 Å². The van der Waals surface area contributed by atoms with Crippen LogP contribution < -0.4 is 9.47 Å². The van der Waals surface area contributed by atoms with Gasteiger partial charge in [-0.2, -0.15) is 0 Å². The zero-order valence-electron chi connectivity index (χ0n) is 12.2. The molecule has 2 aromatic rings. The SMILES string of the molecule is COc1ccc(/C=C\C(C)c2ccc(OC)cc2)cc1. The minimum absolute atomic E-state index is 0.364. The van der Waals surface area contributed by atoms with E-state index in [4.69, 9.17) is 9.47 Å². The van der Waals surface area contributed by atoms with Crippen LogP contribution in [0.2, 0.25) is 0 Å². The molecule has 0 radical (unpaired) electrons. The van der Waals surface area contributed by atoms with Crippen LogP contribution in [-0.4, -0.2) is 14.2 Å². The second kappa shape index (κ2) is 6.80. The van der Waals surface area contributed by atoms with E-state index in [0.717, 1.165) is 11.5 Å². The van der Waals surface area contributed by atoms with Crippen molar-refractivity contribution in [3.8, 4) is 11.5 Å². The zero-order valence-corrected chi connectivity index (χ0v) is 12.2. The maximum absolute atomic E-state index is 5.17. The molecule has 1 unspecified atom stereocenters. The van der Waals surface area contributed by atoms with E-state index in [9.17, 15) is 0 Å². The van der Waals surface area contributed by atoms with E-state index in [0.29, 0.717) is 5.92 Å². The number of hydrogen-bond donors (Lipinski definition) is 0. The van der Waals surface area contributed by atoms with Gasteiger partial charge in [-0.25, -0.2) is 0 Å². The Kier molecular flexibility index (Phi) is 4.83. The van der Waals surface area contributed by atoms with Gasteiger partial charge in [0.15, 0.2) is 0 Å². The summed E-state index contributed by atoms with van der Waals surface area (Å²) in [6.45, 7) is 2.18. The van der Waals surface area contributed by atoms with Crippen molar-refractivity contribution in [1.82, 2.24) is 0 Å². The normalized spacial score (nSPS) is 12.3. The van der Waals surface area contributed by atoms with Crippen LogP contribution >= 0.6 is 0 Å². The van der Waals surface area contributed by atoms with Crippen LogP contribution in [0, 0.1) is 0 Å². The molecule has 2 aromatic carbocycles. The molecule has 0 heterocycles. The Bertz CT molecular complexity index is 553. The maximum Gasteiger partial charge on any atom is 0.118 e. The van der Waals surface area contributed by atoms with Crippen LogP contribution in [0.5, 0.6) is 11.5 Å². The fourth-order valence-electron chi connectivity index (χ4n) is 1.99. The lowest BCUT2D eigenvalue weighted by Gasteiger charge is -2.08. The first-order valence-corrected chi connectivity index (χ1v) is 6.69. The highest BCUT2D eigenvalue weighted by Crippen LogP contribution is 2.21. The molecule has 2 rings (SSSR count). The van der Waals surface area contributed by atoms with Gasteiger partial charge in [-0.05, 0) is 41.3 Å². The van der Waals surface area contributed by atoms with Gasteiger partial charge in [0.25, 0.3) is 0 Å². The van der Waals surface area contributed by atoms with Crippen LogP contribution in [0.25, 0.3) is 6.08 Å². The molecule has 0 N–H and O–H groups in total. The second-order valence-corrected chi connectivity index (χ2v) is 4.69. The van der Waals surface area contributed by atoms with Crippen molar-refractivity contribution in [2.45, 2.75) is 12.8 Å². The van der Waals surface area contributed by atoms with Gasteiger partial charge in [0.05, 0.1) is 14.2 Å². The fourth-order valence-corrected chi connectivity index (χ4v) is 1.99. The largest absolute Gasteiger partial charge is 0.497 e. The third-order valence-electron chi connectivity index (χ3n) is 3.33. The van der Waals surface area contributed by atoms with Crippen molar-refractivity contribution in [2.24, 2.45) is 0 Å². The molecule has 0 fully saturated rings. The highest BCUT2D eigenvalue weighted by Gasteiger charge is 2.01. The van der Waals surface area contributed by atoms with Crippen LogP contribution in [0.1, 0.15) is 24.0 Å². The van der Waals surface area contributed by atoms with Crippen molar-refractivity contribution in [1.29, 1.82) is 0 Å². The molecule has 2 heteroatoms. The van der Waals surface area contributed by atoms with Crippen molar-refractivity contribution in [3.63, 3.8) is 0 Å². The average molecular weight is 268 g/mol. The maximum atomic E-state index is 5.17. The molecule has 20 heavy (non-hydrogen) atoms. The van der Waals surface area contributed by atoms with Gasteiger partial charge < -0.3 is 9.47 Å².